The van der Waals surface area contributed by atoms with Crippen LogP contribution in [0.3, 0.4) is 0 Å². The molecule has 7 heteroatoms. The van der Waals surface area contributed by atoms with E-state index in [1.165, 1.54) is 12.1 Å². The number of hydrogen-bond acceptors (Lipinski definition) is 5. The Kier molecular flexibility index (Phi) is 4.50. The van der Waals surface area contributed by atoms with Crippen LogP contribution in [0.4, 0.5) is 4.39 Å². The summed E-state index contributed by atoms with van der Waals surface area (Å²) in [6.07, 6.45) is 0.542. The van der Waals surface area contributed by atoms with Crippen LogP contribution in [-0.4, -0.2) is 34.1 Å². The molecular formula is C21H17FN2O4. The van der Waals surface area contributed by atoms with Crippen LogP contribution in [0.15, 0.2) is 42.5 Å². The van der Waals surface area contributed by atoms with Gasteiger partial charge in [-0.25, -0.2) is 14.4 Å². The van der Waals surface area contributed by atoms with E-state index in [9.17, 15) is 19.1 Å². The fraction of sp³-hybridized carbons (Fsp3) is 0.238. The first kappa shape index (κ1) is 18.0. The van der Waals surface area contributed by atoms with Gasteiger partial charge in [0.1, 0.15) is 5.82 Å². The summed E-state index contributed by atoms with van der Waals surface area (Å²) < 4.78 is 18.7. The Morgan fingerprint density at radius 1 is 1.14 bits per heavy atom. The molecule has 142 valence electrons. The normalized spacial score (nSPS) is 17.2. The number of benzene rings is 2. The molecule has 0 radical (unpaired) electrons. The predicted molar refractivity (Wildman–Crippen MR) is 99.2 cm³/mol. The van der Waals surface area contributed by atoms with Gasteiger partial charge in [-0.05, 0) is 30.5 Å². The van der Waals surface area contributed by atoms with Gasteiger partial charge in [0.15, 0.2) is 0 Å². The van der Waals surface area contributed by atoms with Crippen LogP contribution in [0.5, 0.6) is 0 Å². The minimum atomic E-state index is -0.929. The summed E-state index contributed by atoms with van der Waals surface area (Å²) >= 11 is 0. The zero-order valence-corrected chi connectivity index (χ0v) is 14.9. The van der Waals surface area contributed by atoms with Crippen LogP contribution < -0.4 is 0 Å². The number of halogens is 1. The zero-order valence-electron chi connectivity index (χ0n) is 14.9. The van der Waals surface area contributed by atoms with Gasteiger partial charge >= 0.3 is 5.97 Å². The number of ether oxygens (including phenoxy) is 1. The van der Waals surface area contributed by atoms with Crippen LogP contribution in [-0.2, 0) is 19.7 Å². The van der Waals surface area contributed by atoms with Gasteiger partial charge in [0, 0.05) is 23.5 Å². The number of nitrogens with zero attached hydrogens (tertiary/aromatic N) is 2. The Hall–Kier alpha value is -3.35. The zero-order chi connectivity index (χ0) is 19.7. The van der Waals surface area contributed by atoms with Crippen molar-refractivity contribution in [3.05, 3.63) is 59.5 Å². The lowest BCUT2D eigenvalue weighted by Gasteiger charge is -2.30. The largest absolute Gasteiger partial charge is 0.481 e. The SMILES string of the molecule is O=COCCC1(CCC(=O)O)c2ccccc2-c2nc3ccc(F)cc3nc21. The molecule has 0 saturated carbocycles. The molecule has 1 heterocycles. The highest BCUT2D eigenvalue weighted by Gasteiger charge is 2.45. The fourth-order valence-corrected chi connectivity index (χ4v) is 4.02. The number of aliphatic carboxylic acids is 1. The lowest BCUT2D eigenvalue weighted by Crippen LogP contribution is -2.29. The Balaban J connectivity index is 1.96. The summed E-state index contributed by atoms with van der Waals surface area (Å²) in [5, 5.41) is 9.29. The van der Waals surface area contributed by atoms with Gasteiger partial charge in [0.05, 0.1) is 29.0 Å². The topological polar surface area (TPSA) is 89.4 Å². The number of carbonyl (C=O) groups excluding carboxylic acids is 1. The predicted octanol–water partition coefficient (Wildman–Crippen LogP) is 3.46. The first-order valence-electron chi connectivity index (χ1n) is 8.90. The van der Waals surface area contributed by atoms with Gasteiger partial charge in [-0.15, -0.1) is 0 Å². The maximum atomic E-state index is 13.7. The van der Waals surface area contributed by atoms with Crippen molar-refractivity contribution in [3.63, 3.8) is 0 Å². The molecule has 1 aromatic heterocycles. The van der Waals surface area contributed by atoms with Gasteiger partial charge in [-0.1, -0.05) is 24.3 Å². The third-order valence-electron chi connectivity index (χ3n) is 5.26. The number of hydrogen-bond donors (Lipinski definition) is 1. The number of fused-ring (bicyclic) bond motifs is 4. The summed E-state index contributed by atoms with van der Waals surface area (Å²) in [6.45, 7) is 0.480. The van der Waals surface area contributed by atoms with Crippen LogP contribution in [0.25, 0.3) is 22.3 Å². The molecule has 0 spiro atoms. The van der Waals surface area contributed by atoms with Crippen molar-refractivity contribution in [2.24, 2.45) is 0 Å². The summed E-state index contributed by atoms with van der Waals surface area (Å²) in [7, 11) is 0. The van der Waals surface area contributed by atoms with E-state index < -0.39 is 17.2 Å². The third kappa shape index (κ3) is 2.89. The van der Waals surface area contributed by atoms with E-state index in [4.69, 9.17) is 14.7 Å². The maximum absolute atomic E-state index is 13.7. The molecule has 0 bridgehead atoms. The second kappa shape index (κ2) is 6.99. The molecule has 4 rings (SSSR count). The van der Waals surface area contributed by atoms with Crippen molar-refractivity contribution in [1.82, 2.24) is 9.97 Å². The highest BCUT2D eigenvalue weighted by atomic mass is 19.1. The number of aromatic nitrogens is 2. The van der Waals surface area contributed by atoms with Crippen molar-refractivity contribution in [2.45, 2.75) is 24.7 Å². The van der Waals surface area contributed by atoms with E-state index >= 15 is 0 Å². The van der Waals surface area contributed by atoms with E-state index in [0.29, 0.717) is 35.3 Å². The number of carbonyl (C=O) groups is 2. The van der Waals surface area contributed by atoms with Gasteiger partial charge in [0.25, 0.3) is 6.47 Å². The van der Waals surface area contributed by atoms with Crippen molar-refractivity contribution < 1.29 is 23.8 Å². The van der Waals surface area contributed by atoms with Gasteiger partial charge < -0.3 is 9.84 Å². The molecule has 3 aromatic rings. The molecule has 2 aromatic carbocycles. The van der Waals surface area contributed by atoms with E-state index in [2.05, 4.69) is 0 Å². The van der Waals surface area contributed by atoms with Crippen LogP contribution in [0, 0.1) is 5.82 Å². The average Bonchev–Trinajstić information content (AvgIpc) is 2.95. The number of rotatable bonds is 7. The highest BCUT2D eigenvalue weighted by Crippen LogP contribution is 2.52. The standard InChI is InChI=1S/C21H17FN2O4/c22-13-5-6-16-17(11-13)24-20-19(23-16)14-3-1-2-4-15(14)21(20,8-7-18(26)27)9-10-28-12-25/h1-6,11-12H,7-10H2,(H,26,27). The minimum Gasteiger partial charge on any atom is -0.481 e. The molecule has 1 aliphatic rings. The van der Waals surface area contributed by atoms with Gasteiger partial charge in [-0.2, -0.15) is 0 Å². The monoisotopic (exact) mass is 380 g/mol. The van der Waals surface area contributed by atoms with Crippen molar-refractivity contribution in [3.8, 4) is 11.3 Å². The quantitative estimate of drug-likeness (QED) is 0.499. The molecule has 1 unspecified atom stereocenters. The number of carboxylic acids is 1. The van der Waals surface area contributed by atoms with Crippen molar-refractivity contribution >= 4 is 23.5 Å². The van der Waals surface area contributed by atoms with Crippen LogP contribution >= 0.6 is 0 Å². The lowest BCUT2D eigenvalue weighted by molar-refractivity contribution is -0.137. The lowest BCUT2D eigenvalue weighted by atomic mass is 9.74. The number of carboxylic acid groups (broad SMARTS) is 1. The molecule has 6 nitrogen and oxygen atoms in total. The molecular weight excluding hydrogens is 363 g/mol. The molecule has 0 amide bonds. The first-order chi connectivity index (χ1) is 13.5. The minimum absolute atomic E-state index is 0.0856. The second-order valence-corrected chi connectivity index (χ2v) is 6.79. The van der Waals surface area contributed by atoms with E-state index in [1.54, 1.807) is 6.07 Å². The maximum Gasteiger partial charge on any atom is 0.303 e. The summed E-state index contributed by atoms with van der Waals surface area (Å²) in [4.78, 5) is 31.4. The molecule has 0 fully saturated rings. The summed E-state index contributed by atoms with van der Waals surface area (Å²) in [5.41, 5.74) is 3.22. The molecule has 1 N–H and O–H groups in total. The first-order valence-corrected chi connectivity index (χ1v) is 8.90. The Labute approximate surface area is 160 Å². The Morgan fingerprint density at radius 2 is 1.96 bits per heavy atom. The Morgan fingerprint density at radius 3 is 2.75 bits per heavy atom. The molecule has 28 heavy (non-hydrogen) atoms. The molecule has 0 saturated heterocycles. The van der Waals surface area contributed by atoms with E-state index in [1.807, 2.05) is 24.3 Å². The van der Waals surface area contributed by atoms with Gasteiger partial charge in [-0.3, -0.25) is 9.59 Å². The van der Waals surface area contributed by atoms with E-state index in [0.717, 1.165) is 11.1 Å². The highest BCUT2D eigenvalue weighted by molar-refractivity contribution is 5.84. The summed E-state index contributed by atoms with van der Waals surface area (Å²) in [5.74, 6) is -1.35. The third-order valence-corrected chi connectivity index (χ3v) is 5.26. The van der Waals surface area contributed by atoms with E-state index in [-0.39, 0.29) is 19.4 Å². The Bertz CT molecular complexity index is 1090. The second-order valence-electron chi connectivity index (χ2n) is 6.79. The molecule has 1 aliphatic carbocycles. The van der Waals surface area contributed by atoms with Crippen LogP contribution in [0.1, 0.15) is 30.5 Å². The summed E-state index contributed by atoms with van der Waals surface area (Å²) in [6, 6.07) is 11.8. The average molecular weight is 380 g/mol. The molecule has 1 atom stereocenters. The van der Waals surface area contributed by atoms with Gasteiger partial charge in [0.2, 0.25) is 0 Å². The molecule has 0 aliphatic heterocycles. The van der Waals surface area contributed by atoms with Crippen molar-refractivity contribution in [2.75, 3.05) is 6.61 Å². The smallest absolute Gasteiger partial charge is 0.303 e. The van der Waals surface area contributed by atoms with Crippen LogP contribution in [0.2, 0.25) is 0 Å². The van der Waals surface area contributed by atoms with Crippen molar-refractivity contribution in [1.29, 1.82) is 0 Å². The fourth-order valence-electron chi connectivity index (χ4n) is 4.02.